The number of fused-ring (bicyclic) bond motifs is 1. The van der Waals surface area contributed by atoms with E-state index in [9.17, 15) is 0 Å². The first kappa shape index (κ1) is 14.3. The predicted molar refractivity (Wildman–Crippen MR) is 84.8 cm³/mol. The summed E-state index contributed by atoms with van der Waals surface area (Å²) in [7, 11) is 0. The second-order valence-electron chi connectivity index (χ2n) is 6.30. The van der Waals surface area contributed by atoms with Crippen molar-refractivity contribution in [3.63, 3.8) is 0 Å². The van der Waals surface area contributed by atoms with Gasteiger partial charge in [-0.1, -0.05) is 20.3 Å². The van der Waals surface area contributed by atoms with Crippen LogP contribution in [0.15, 0.2) is 0 Å². The van der Waals surface area contributed by atoms with E-state index in [0.717, 1.165) is 60.4 Å². The summed E-state index contributed by atoms with van der Waals surface area (Å²) in [6, 6.07) is 0. The number of hydrogen-bond donors (Lipinski definition) is 2. The molecule has 3 N–H and O–H groups in total. The maximum atomic E-state index is 8.00. The third kappa shape index (κ3) is 2.39. The summed E-state index contributed by atoms with van der Waals surface area (Å²) in [4.78, 5) is 2.32. The quantitative estimate of drug-likeness (QED) is 0.657. The van der Waals surface area contributed by atoms with Gasteiger partial charge in [0.05, 0.1) is 11.3 Å². The Hall–Kier alpha value is -1.65. The van der Waals surface area contributed by atoms with Gasteiger partial charge in [-0.3, -0.25) is 5.41 Å². The molecule has 2 aliphatic rings. The van der Waals surface area contributed by atoms with Crippen LogP contribution in [0.3, 0.4) is 0 Å². The molecule has 5 heteroatoms. The second-order valence-corrected chi connectivity index (χ2v) is 6.30. The van der Waals surface area contributed by atoms with Gasteiger partial charge in [-0.2, -0.15) is 5.10 Å². The largest absolute Gasteiger partial charge is 0.384 e. The highest BCUT2D eigenvalue weighted by molar-refractivity contribution is 6.01. The lowest BCUT2D eigenvalue weighted by atomic mass is 10.0. The first-order valence-corrected chi connectivity index (χ1v) is 8.13. The van der Waals surface area contributed by atoms with E-state index >= 15 is 0 Å². The van der Waals surface area contributed by atoms with Gasteiger partial charge in [-0.05, 0) is 43.1 Å². The van der Waals surface area contributed by atoms with Crippen LogP contribution in [-0.4, -0.2) is 29.1 Å². The molecule has 2 fully saturated rings. The zero-order valence-electron chi connectivity index (χ0n) is 13.0. The number of nitrogens with two attached hydrogens (primary N) is 1. The standard InChI is InChI=1S/C16H25N5/c1-3-12-13(4-2)19-20-16(14(12)15(17)18)21-8-10-6-5-7-11(10)9-21/h10-11H,3-9H2,1-2H3,(H3,17,18). The van der Waals surface area contributed by atoms with Crippen LogP contribution in [0.25, 0.3) is 0 Å². The zero-order valence-corrected chi connectivity index (χ0v) is 13.0. The number of nitrogens with zero attached hydrogens (tertiary/aromatic N) is 3. The number of rotatable bonds is 4. The molecule has 21 heavy (non-hydrogen) atoms. The third-order valence-corrected chi connectivity index (χ3v) is 5.12. The molecule has 2 atom stereocenters. The van der Waals surface area contributed by atoms with E-state index in [0.29, 0.717) is 0 Å². The summed E-state index contributed by atoms with van der Waals surface area (Å²) in [6.45, 7) is 6.28. The van der Waals surface area contributed by atoms with E-state index < -0.39 is 0 Å². The molecule has 1 aliphatic carbocycles. The van der Waals surface area contributed by atoms with Gasteiger partial charge in [0.25, 0.3) is 0 Å². The minimum atomic E-state index is 0.128. The lowest BCUT2D eigenvalue weighted by Gasteiger charge is -2.23. The SMILES string of the molecule is CCc1nnc(N2CC3CCCC3C2)c(C(=N)N)c1CC. The molecule has 5 nitrogen and oxygen atoms in total. The average Bonchev–Trinajstić information content (AvgIpc) is 3.06. The van der Waals surface area contributed by atoms with Crippen LogP contribution in [0.5, 0.6) is 0 Å². The molecule has 0 spiro atoms. The normalized spacial score (nSPS) is 24.4. The van der Waals surface area contributed by atoms with Crippen LogP contribution in [0.1, 0.15) is 49.9 Å². The molecule has 2 unspecified atom stereocenters. The third-order valence-electron chi connectivity index (χ3n) is 5.12. The van der Waals surface area contributed by atoms with Crippen LogP contribution < -0.4 is 10.6 Å². The Morgan fingerprint density at radius 1 is 1.19 bits per heavy atom. The number of nitrogen functional groups attached to an aromatic ring is 1. The van der Waals surface area contributed by atoms with Crippen molar-refractivity contribution < 1.29 is 0 Å². The van der Waals surface area contributed by atoms with Crippen molar-refractivity contribution >= 4 is 11.7 Å². The maximum absolute atomic E-state index is 8.00. The fourth-order valence-electron chi connectivity index (χ4n) is 4.07. The molecule has 0 aromatic carbocycles. The highest BCUT2D eigenvalue weighted by atomic mass is 15.3. The van der Waals surface area contributed by atoms with Crippen molar-refractivity contribution in [3.05, 3.63) is 16.8 Å². The van der Waals surface area contributed by atoms with Crippen LogP contribution >= 0.6 is 0 Å². The number of aromatic nitrogens is 2. The van der Waals surface area contributed by atoms with Crippen molar-refractivity contribution in [1.29, 1.82) is 5.41 Å². The summed E-state index contributed by atoms with van der Waals surface area (Å²) in [5.74, 6) is 2.56. The number of amidine groups is 1. The molecule has 1 saturated carbocycles. The number of hydrogen-bond acceptors (Lipinski definition) is 4. The topological polar surface area (TPSA) is 78.9 Å². The lowest BCUT2D eigenvalue weighted by Crippen LogP contribution is -2.28. The Morgan fingerprint density at radius 2 is 1.86 bits per heavy atom. The van der Waals surface area contributed by atoms with Crippen LogP contribution in [0, 0.1) is 17.2 Å². The van der Waals surface area contributed by atoms with Crippen molar-refractivity contribution in [2.75, 3.05) is 18.0 Å². The molecule has 1 aliphatic heterocycles. The number of nitrogens with one attached hydrogen (secondary N) is 1. The average molecular weight is 287 g/mol. The van der Waals surface area contributed by atoms with E-state index in [-0.39, 0.29) is 5.84 Å². The smallest absolute Gasteiger partial charge is 0.162 e. The van der Waals surface area contributed by atoms with Gasteiger partial charge in [0.1, 0.15) is 5.84 Å². The summed E-state index contributed by atoms with van der Waals surface area (Å²) in [5.41, 5.74) is 8.79. The molecule has 114 valence electrons. The fraction of sp³-hybridized carbons (Fsp3) is 0.688. The Morgan fingerprint density at radius 3 is 2.38 bits per heavy atom. The molecule has 1 saturated heterocycles. The molecule has 0 bridgehead atoms. The molecule has 1 aromatic heterocycles. The van der Waals surface area contributed by atoms with E-state index in [1.54, 1.807) is 0 Å². The molecule has 3 rings (SSSR count). The highest BCUT2D eigenvalue weighted by Crippen LogP contribution is 2.40. The Kier molecular flexibility index (Phi) is 3.83. The molecule has 2 heterocycles. The molecular formula is C16H25N5. The van der Waals surface area contributed by atoms with Crippen LogP contribution in [0.4, 0.5) is 5.82 Å². The number of aryl methyl sites for hydroxylation is 1. The maximum Gasteiger partial charge on any atom is 0.162 e. The first-order valence-electron chi connectivity index (χ1n) is 8.13. The van der Waals surface area contributed by atoms with Gasteiger partial charge in [0, 0.05) is 13.1 Å². The summed E-state index contributed by atoms with van der Waals surface area (Å²) in [5, 5.41) is 16.8. The second kappa shape index (κ2) is 5.62. The monoisotopic (exact) mass is 287 g/mol. The van der Waals surface area contributed by atoms with Gasteiger partial charge < -0.3 is 10.6 Å². The van der Waals surface area contributed by atoms with Gasteiger partial charge in [0.2, 0.25) is 0 Å². The molecular weight excluding hydrogens is 262 g/mol. The Labute approximate surface area is 126 Å². The Balaban J connectivity index is 2.00. The van der Waals surface area contributed by atoms with E-state index in [4.69, 9.17) is 11.1 Å². The van der Waals surface area contributed by atoms with Crippen molar-refractivity contribution in [2.45, 2.75) is 46.0 Å². The lowest BCUT2D eigenvalue weighted by molar-refractivity contribution is 0.494. The van der Waals surface area contributed by atoms with E-state index in [1.165, 1.54) is 19.3 Å². The minimum Gasteiger partial charge on any atom is -0.384 e. The Bertz CT molecular complexity index is 542. The molecule has 0 amide bonds. The van der Waals surface area contributed by atoms with Gasteiger partial charge in [-0.25, -0.2) is 0 Å². The van der Waals surface area contributed by atoms with Crippen molar-refractivity contribution in [1.82, 2.24) is 10.2 Å². The molecule has 0 radical (unpaired) electrons. The highest BCUT2D eigenvalue weighted by Gasteiger charge is 2.38. The van der Waals surface area contributed by atoms with Crippen LogP contribution in [-0.2, 0) is 12.8 Å². The summed E-state index contributed by atoms with van der Waals surface area (Å²) < 4.78 is 0. The van der Waals surface area contributed by atoms with E-state index in [1.807, 2.05) is 0 Å². The fourth-order valence-corrected chi connectivity index (χ4v) is 4.07. The predicted octanol–water partition coefficient (Wildman–Crippen LogP) is 2.12. The molecule has 1 aromatic rings. The summed E-state index contributed by atoms with van der Waals surface area (Å²) in [6.07, 6.45) is 5.71. The van der Waals surface area contributed by atoms with Crippen molar-refractivity contribution in [2.24, 2.45) is 17.6 Å². The first-order chi connectivity index (χ1) is 10.2. The van der Waals surface area contributed by atoms with Gasteiger partial charge in [-0.15, -0.1) is 5.10 Å². The summed E-state index contributed by atoms with van der Waals surface area (Å²) >= 11 is 0. The van der Waals surface area contributed by atoms with Gasteiger partial charge in [0.15, 0.2) is 5.82 Å². The van der Waals surface area contributed by atoms with E-state index in [2.05, 4.69) is 28.9 Å². The zero-order chi connectivity index (χ0) is 15.0. The van der Waals surface area contributed by atoms with Crippen molar-refractivity contribution in [3.8, 4) is 0 Å². The number of anilines is 1. The van der Waals surface area contributed by atoms with Gasteiger partial charge >= 0.3 is 0 Å². The van der Waals surface area contributed by atoms with Crippen LogP contribution in [0.2, 0.25) is 0 Å². The minimum absolute atomic E-state index is 0.128.